The van der Waals surface area contributed by atoms with E-state index in [-0.39, 0.29) is 16.1 Å². The van der Waals surface area contributed by atoms with E-state index in [4.69, 9.17) is 5.14 Å². The lowest BCUT2D eigenvalue weighted by Crippen LogP contribution is -2.22. The Bertz CT molecular complexity index is 868. The van der Waals surface area contributed by atoms with E-state index in [2.05, 4.69) is 24.4 Å². The molecule has 134 valence electrons. The molecule has 0 saturated heterocycles. The van der Waals surface area contributed by atoms with Gasteiger partial charge in [-0.3, -0.25) is 4.79 Å². The number of aryl methyl sites for hydroxylation is 3. The van der Waals surface area contributed by atoms with Crippen LogP contribution in [0, 0.1) is 20.8 Å². The lowest BCUT2D eigenvalue weighted by Gasteiger charge is -2.16. The first-order valence-corrected chi connectivity index (χ1v) is 10.2. The Kier molecular flexibility index (Phi) is 5.92. The van der Waals surface area contributed by atoms with Gasteiger partial charge in [-0.15, -0.1) is 11.8 Å². The highest BCUT2D eigenvalue weighted by atomic mass is 32.2. The van der Waals surface area contributed by atoms with Gasteiger partial charge in [-0.25, -0.2) is 13.6 Å². The van der Waals surface area contributed by atoms with Crippen LogP contribution in [0.4, 0.5) is 5.69 Å². The standard InChI is InChI=1S/C18H22N2O3S2/c1-11-9-12(2)17(13(3)10-11)24-14(4)18(21)20-15-5-7-16(8-6-15)25(19,22)23/h5-10,14H,1-4H3,(H,20,21)(H2,19,22,23). The normalized spacial score (nSPS) is 12.7. The van der Waals surface area contributed by atoms with Gasteiger partial charge in [0, 0.05) is 10.6 Å². The number of nitrogens with two attached hydrogens (primary N) is 1. The molecular weight excluding hydrogens is 356 g/mol. The average Bonchev–Trinajstić information content (AvgIpc) is 2.50. The van der Waals surface area contributed by atoms with Crippen molar-refractivity contribution in [1.29, 1.82) is 0 Å². The van der Waals surface area contributed by atoms with Crippen molar-refractivity contribution in [1.82, 2.24) is 0 Å². The summed E-state index contributed by atoms with van der Waals surface area (Å²) in [4.78, 5) is 13.5. The summed E-state index contributed by atoms with van der Waals surface area (Å²) >= 11 is 1.51. The molecule has 0 radical (unpaired) electrons. The first kappa shape index (κ1) is 19.5. The third kappa shape index (κ3) is 5.07. The predicted molar refractivity (Wildman–Crippen MR) is 102 cm³/mol. The van der Waals surface area contributed by atoms with Gasteiger partial charge in [0.1, 0.15) is 0 Å². The second-order valence-corrected chi connectivity index (χ2v) is 8.96. The zero-order valence-electron chi connectivity index (χ0n) is 14.7. The van der Waals surface area contributed by atoms with E-state index in [0.717, 1.165) is 16.0 Å². The van der Waals surface area contributed by atoms with Gasteiger partial charge in [0.05, 0.1) is 10.1 Å². The molecule has 2 rings (SSSR count). The summed E-state index contributed by atoms with van der Waals surface area (Å²) in [6.07, 6.45) is 0. The number of amides is 1. The molecule has 1 amide bonds. The molecule has 0 saturated carbocycles. The van der Waals surface area contributed by atoms with Crippen LogP contribution in [0.25, 0.3) is 0 Å². The molecule has 0 aliphatic carbocycles. The fourth-order valence-corrected chi connectivity index (χ4v) is 4.08. The molecule has 0 heterocycles. The van der Waals surface area contributed by atoms with E-state index in [1.807, 2.05) is 20.8 Å². The molecule has 0 aliphatic heterocycles. The fraction of sp³-hybridized carbons (Fsp3) is 0.278. The number of sulfonamides is 1. The van der Waals surface area contributed by atoms with Gasteiger partial charge in [-0.05, 0) is 63.1 Å². The van der Waals surface area contributed by atoms with Crippen molar-refractivity contribution in [3.63, 3.8) is 0 Å². The monoisotopic (exact) mass is 378 g/mol. The number of primary sulfonamides is 1. The minimum atomic E-state index is -3.73. The van der Waals surface area contributed by atoms with Crippen LogP contribution in [0.15, 0.2) is 46.2 Å². The van der Waals surface area contributed by atoms with Crippen LogP contribution < -0.4 is 10.5 Å². The number of thioether (sulfide) groups is 1. The van der Waals surface area contributed by atoms with Crippen LogP contribution in [-0.4, -0.2) is 19.6 Å². The molecule has 3 N–H and O–H groups in total. The van der Waals surface area contributed by atoms with Crippen LogP contribution in [-0.2, 0) is 14.8 Å². The number of carbonyl (C=O) groups is 1. The highest BCUT2D eigenvalue weighted by Crippen LogP contribution is 2.31. The molecule has 1 unspecified atom stereocenters. The van der Waals surface area contributed by atoms with E-state index >= 15 is 0 Å². The summed E-state index contributed by atoms with van der Waals surface area (Å²) in [6, 6.07) is 10.0. The zero-order valence-corrected chi connectivity index (χ0v) is 16.3. The maximum absolute atomic E-state index is 12.4. The summed E-state index contributed by atoms with van der Waals surface area (Å²) in [5.74, 6) is -0.146. The molecule has 0 bridgehead atoms. The molecular formula is C18H22N2O3S2. The predicted octanol–water partition coefficient (Wildman–Crippen LogP) is 3.38. The average molecular weight is 379 g/mol. The van der Waals surface area contributed by atoms with Crippen molar-refractivity contribution in [3.8, 4) is 0 Å². The van der Waals surface area contributed by atoms with E-state index in [9.17, 15) is 13.2 Å². The number of anilines is 1. The Morgan fingerprint density at radius 2 is 1.60 bits per heavy atom. The summed E-state index contributed by atoms with van der Waals surface area (Å²) in [5.41, 5.74) is 4.04. The third-order valence-electron chi connectivity index (χ3n) is 3.72. The summed E-state index contributed by atoms with van der Waals surface area (Å²) in [5, 5.41) is 7.56. The van der Waals surface area contributed by atoms with Crippen LogP contribution >= 0.6 is 11.8 Å². The zero-order chi connectivity index (χ0) is 18.8. The van der Waals surface area contributed by atoms with Crippen molar-refractivity contribution in [2.24, 2.45) is 5.14 Å². The number of carbonyl (C=O) groups excluding carboxylic acids is 1. The van der Waals surface area contributed by atoms with Gasteiger partial charge < -0.3 is 5.32 Å². The minimum absolute atomic E-state index is 0.0128. The molecule has 2 aromatic carbocycles. The molecule has 0 spiro atoms. The maximum Gasteiger partial charge on any atom is 0.238 e. The minimum Gasteiger partial charge on any atom is -0.325 e. The number of hydrogen-bond donors (Lipinski definition) is 2. The summed E-state index contributed by atoms with van der Waals surface area (Å²) in [6.45, 7) is 7.98. The van der Waals surface area contributed by atoms with Crippen LogP contribution in [0.5, 0.6) is 0 Å². The van der Waals surface area contributed by atoms with Gasteiger partial charge in [0.15, 0.2) is 0 Å². The van der Waals surface area contributed by atoms with Crippen molar-refractivity contribution in [2.75, 3.05) is 5.32 Å². The fourth-order valence-electron chi connectivity index (χ4n) is 2.55. The van der Waals surface area contributed by atoms with Crippen molar-refractivity contribution < 1.29 is 13.2 Å². The van der Waals surface area contributed by atoms with Gasteiger partial charge >= 0.3 is 0 Å². The smallest absolute Gasteiger partial charge is 0.238 e. The first-order valence-electron chi connectivity index (χ1n) is 7.76. The summed E-state index contributed by atoms with van der Waals surface area (Å²) in [7, 11) is -3.73. The number of rotatable bonds is 5. The molecule has 25 heavy (non-hydrogen) atoms. The van der Waals surface area contributed by atoms with Crippen LogP contribution in [0.3, 0.4) is 0 Å². The Labute approximate surface area is 153 Å². The molecule has 0 aliphatic rings. The van der Waals surface area contributed by atoms with Crippen molar-refractivity contribution in [2.45, 2.75) is 42.7 Å². The van der Waals surface area contributed by atoms with Gasteiger partial charge in [0.25, 0.3) is 0 Å². The maximum atomic E-state index is 12.4. The Morgan fingerprint density at radius 3 is 2.08 bits per heavy atom. The van der Waals surface area contributed by atoms with Crippen molar-refractivity contribution >= 4 is 33.4 Å². The Balaban J connectivity index is 2.08. The molecule has 5 nitrogen and oxygen atoms in total. The molecule has 0 aromatic heterocycles. The largest absolute Gasteiger partial charge is 0.325 e. The molecule has 7 heteroatoms. The Hall–Kier alpha value is -1.83. The van der Waals surface area contributed by atoms with E-state index in [1.165, 1.54) is 41.6 Å². The van der Waals surface area contributed by atoms with Crippen molar-refractivity contribution in [3.05, 3.63) is 53.1 Å². The van der Waals surface area contributed by atoms with Crippen LogP contribution in [0.2, 0.25) is 0 Å². The second kappa shape index (κ2) is 7.59. The summed E-state index contributed by atoms with van der Waals surface area (Å²) < 4.78 is 22.5. The molecule has 2 aromatic rings. The van der Waals surface area contributed by atoms with E-state index in [1.54, 1.807) is 0 Å². The Morgan fingerprint density at radius 1 is 1.08 bits per heavy atom. The number of benzene rings is 2. The molecule has 1 atom stereocenters. The number of nitrogens with one attached hydrogen (secondary N) is 1. The highest BCUT2D eigenvalue weighted by Gasteiger charge is 2.17. The first-order chi connectivity index (χ1) is 11.6. The third-order valence-corrected chi connectivity index (χ3v) is 6.10. The molecule has 0 fully saturated rings. The highest BCUT2D eigenvalue weighted by molar-refractivity contribution is 8.00. The lowest BCUT2D eigenvalue weighted by atomic mass is 10.1. The van der Waals surface area contributed by atoms with Gasteiger partial charge in [0.2, 0.25) is 15.9 Å². The van der Waals surface area contributed by atoms with E-state index < -0.39 is 10.0 Å². The van der Waals surface area contributed by atoms with Crippen LogP contribution in [0.1, 0.15) is 23.6 Å². The van der Waals surface area contributed by atoms with E-state index in [0.29, 0.717) is 5.69 Å². The lowest BCUT2D eigenvalue weighted by molar-refractivity contribution is -0.115. The van der Waals surface area contributed by atoms with Gasteiger partial charge in [-0.1, -0.05) is 17.7 Å². The van der Waals surface area contributed by atoms with Gasteiger partial charge in [-0.2, -0.15) is 0 Å². The SMILES string of the molecule is Cc1cc(C)c(SC(C)C(=O)Nc2ccc(S(N)(=O)=O)cc2)c(C)c1. The topological polar surface area (TPSA) is 89.3 Å². The quantitative estimate of drug-likeness (QED) is 0.781. The number of hydrogen-bond acceptors (Lipinski definition) is 4. The second-order valence-electron chi connectivity index (χ2n) is 6.05.